The highest BCUT2D eigenvalue weighted by molar-refractivity contribution is 6.22. The SMILES string of the molecule is CC1(C)c2cc(-c3ccc4c(c3)oc3ccc5ccccc5c34)ccc2-c2ccc(-c3c4ccccc4c(-c4ccccc4)c4ccccc34)cc21. The lowest BCUT2D eigenvalue weighted by Crippen LogP contribution is -2.15. The average molecular weight is 663 g/mol. The van der Waals surface area contributed by atoms with Gasteiger partial charge in [-0.05, 0) is 118 Å². The Morgan fingerprint density at radius 3 is 1.56 bits per heavy atom. The zero-order valence-electron chi connectivity index (χ0n) is 29.1. The molecule has 0 spiro atoms. The van der Waals surface area contributed by atoms with Crippen molar-refractivity contribution in [1.82, 2.24) is 0 Å². The van der Waals surface area contributed by atoms with Crippen molar-refractivity contribution in [3.63, 3.8) is 0 Å². The average Bonchev–Trinajstić information content (AvgIpc) is 3.68. The molecule has 1 aliphatic rings. The summed E-state index contributed by atoms with van der Waals surface area (Å²) in [5.41, 5.74) is 14.5. The van der Waals surface area contributed by atoms with Gasteiger partial charge in [0.05, 0.1) is 0 Å². The Morgan fingerprint density at radius 1 is 0.365 bits per heavy atom. The molecule has 1 nitrogen and oxygen atoms in total. The van der Waals surface area contributed by atoms with Gasteiger partial charge in [0, 0.05) is 16.2 Å². The number of hydrogen-bond donors (Lipinski definition) is 0. The van der Waals surface area contributed by atoms with Crippen molar-refractivity contribution in [2.24, 2.45) is 0 Å². The maximum absolute atomic E-state index is 6.46. The Labute approximate surface area is 302 Å². The molecule has 0 bridgehead atoms. The lowest BCUT2D eigenvalue weighted by Gasteiger charge is -2.23. The first-order valence-corrected chi connectivity index (χ1v) is 18.2. The van der Waals surface area contributed by atoms with Crippen molar-refractivity contribution in [3.05, 3.63) is 181 Å². The van der Waals surface area contributed by atoms with Crippen LogP contribution in [0.3, 0.4) is 0 Å². The van der Waals surface area contributed by atoms with E-state index in [1.54, 1.807) is 0 Å². The number of fused-ring (bicyclic) bond motifs is 10. The normalized spacial score (nSPS) is 13.3. The third-order valence-corrected chi connectivity index (χ3v) is 11.7. The van der Waals surface area contributed by atoms with Gasteiger partial charge in [0.25, 0.3) is 0 Å². The maximum Gasteiger partial charge on any atom is 0.136 e. The first-order chi connectivity index (χ1) is 25.5. The third-order valence-electron chi connectivity index (χ3n) is 11.7. The lowest BCUT2D eigenvalue weighted by atomic mass is 9.80. The van der Waals surface area contributed by atoms with Crippen LogP contribution in [0.15, 0.2) is 174 Å². The van der Waals surface area contributed by atoms with E-state index in [1.165, 1.54) is 93.3 Å². The molecule has 0 unspecified atom stereocenters. The summed E-state index contributed by atoms with van der Waals surface area (Å²) in [6.45, 7) is 4.76. The van der Waals surface area contributed by atoms with Crippen LogP contribution in [-0.4, -0.2) is 0 Å². The molecule has 0 amide bonds. The molecular formula is C51H34O. The second-order valence-corrected chi connectivity index (χ2v) is 14.8. The van der Waals surface area contributed by atoms with Gasteiger partial charge in [-0.15, -0.1) is 0 Å². The van der Waals surface area contributed by atoms with Crippen LogP contribution in [0.2, 0.25) is 0 Å². The highest BCUT2D eigenvalue weighted by atomic mass is 16.3. The molecule has 1 heterocycles. The fourth-order valence-electron chi connectivity index (χ4n) is 9.15. The fourth-order valence-corrected chi connectivity index (χ4v) is 9.15. The van der Waals surface area contributed by atoms with Crippen LogP contribution in [0.25, 0.3) is 98.8 Å². The van der Waals surface area contributed by atoms with Crippen LogP contribution in [0.5, 0.6) is 0 Å². The van der Waals surface area contributed by atoms with Crippen molar-refractivity contribution in [1.29, 1.82) is 0 Å². The molecule has 10 aromatic rings. The number of rotatable bonds is 3. The lowest BCUT2D eigenvalue weighted by molar-refractivity contribution is 0.661. The second-order valence-electron chi connectivity index (χ2n) is 14.8. The van der Waals surface area contributed by atoms with Crippen molar-refractivity contribution >= 4 is 54.3 Å². The van der Waals surface area contributed by atoms with Gasteiger partial charge in [-0.25, -0.2) is 0 Å². The summed E-state index contributed by atoms with van der Waals surface area (Å²) in [5, 5.41) is 9.95. The molecule has 0 atom stereocenters. The minimum atomic E-state index is -0.172. The zero-order chi connectivity index (χ0) is 34.6. The van der Waals surface area contributed by atoms with Gasteiger partial charge in [0.1, 0.15) is 11.2 Å². The van der Waals surface area contributed by atoms with Gasteiger partial charge in [-0.2, -0.15) is 0 Å². The second kappa shape index (κ2) is 10.8. The Kier molecular flexibility index (Phi) is 6.08. The van der Waals surface area contributed by atoms with E-state index in [0.717, 1.165) is 16.6 Å². The minimum Gasteiger partial charge on any atom is -0.456 e. The van der Waals surface area contributed by atoms with Crippen LogP contribution in [0.4, 0.5) is 0 Å². The monoisotopic (exact) mass is 662 g/mol. The molecule has 0 N–H and O–H groups in total. The summed E-state index contributed by atoms with van der Waals surface area (Å²) < 4.78 is 6.46. The standard InChI is InChI=1S/C51H34O/c1-51(2)44-28-33(34-21-26-43-47(30-34)52-46-27-23-31-12-6-7-15-36(31)50(43)46)20-24-37(44)38-25-22-35(29-45(38)51)49-41-18-10-8-16-39(41)48(32-13-4-3-5-14-32)40-17-9-11-19-42(40)49/h3-30H,1-2H3. The Morgan fingerprint density at radius 2 is 0.885 bits per heavy atom. The molecule has 1 aromatic heterocycles. The van der Waals surface area contributed by atoms with Gasteiger partial charge >= 0.3 is 0 Å². The minimum absolute atomic E-state index is 0.172. The molecule has 1 aliphatic carbocycles. The fraction of sp³-hybridized carbons (Fsp3) is 0.0588. The molecule has 9 aromatic carbocycles. The van der Waals surface area contributed by atoms with Crippen LogP contribution >= 0.6 is 0 Å². The zero-order valence-corrected chi connectivity index (χ0v) is 29.1. The van der Waals surface area contributed by atoms with Gasteiger partial charge < -0.3 is 4.42 Å². The van der Waals surface area contributed by atoms with Crippen molar-refractivity contribution in [2.45, 2.75) is 19.3 Å². The maximum atomic E-state index is 6.46. The summed E-state index contributed by atoms with van der Waals surface area (Å²) in [5.74, 6) is 0. The summed E-state index contributed by atoms with van der Waals surface area (Å²) >= 11 is 0. The summed E-state index contributed by atoms with van der Waals surface area (Å²) in [4.78, 5) is 0. The van der Waals surface area contributed by atoms with Gasteiger partial charge in [0.2, 0.25) is 0 Å². The smallest absolute Gasteiger partial charge is 0.136 e. The van der Waals surface area contributed by atoms with Crippen molar-refractivity contribution in [3.8, 4) is 44.5 Å². The quantitative estimate of drug-likeness (QED) is 0.172. The van der Waals surface area contributed by atoms with Gasteiger partial charge in [-0.1, -0.05) is 153 Å². The topological polar surface area (TPSA) is 13.1 Å². The molecule has 0 fully saturated rings. The largest absolute Gasteiger partial charge is 0.456 e. The first-order valence-electron chi connectivity index (χ1n) is 18.2. The Balaban J connectivity index is 1.04. The molecular weight excluding hydrogens is 629 g/mol. The predicted octanol–water partition coefficient (Wildman–Crippen LogP) is 14.4. The highest BCUT2D eigenvalue weighted by Gasteiger charge is 2.36. The van der Waals surface area contributed by atoms with E-state index >= 15 is 0 Å². The van der Waals surface area contributed by atoms with Crippen molar-refractivity contribution < 1.29 is 4.42 Å². The number of furan rings is 1. The molecule has 244 valence electrons. The number of benzene rings is 9. The Bertz CT molecular complexity index is 3030. The Hall–Kier alpha value is -6.44. The van der Waals surface area contributed by atoms with Crippen LogP contribution in [0, 0.1) is 0 Å². The van der Waals surface area contributed by atoms with Gasteiger partial charge in [0.15, 0.2) is 0 Å². The summed E-state index contributed by atoms with van der Waals surface area (Å²) in [6.07, 6.45) is 0. The van der Waals surface area contributed by atoms with E-state index in [0.29, 0.717) is 0 Å². The van der Waals surface area contributed by atoms with Gasteiger partial charge in [-0.3, -0.25) is 0 Å². The molecule has 11 rings (SSSR count). The predicted molar refractivity (Wildman–Crippen MR) is 220 cm³/mol. The van der Waals surface area contributed by atoms with Crippen LogP contribution in [0.1, 0.15) is 25.0 Å². The van der Waals surface area contributed by atoms with Crippen LogP contribution < -0.4 is 0 Å². The molecule has 0 saturated carbocycles. The van der Waals surface area contributed by atoms with Crippen molar-refractivity contribution in [2.75, 3.05) is 0 Å². The third kappa shape index (κ3) is 4.11. The highest BCUT2D eigenvalue weighted by Crippen LogP contribution is 2.52. The summed E-state index contributed by atoms with van der Waals surface area (Å²) in [6, 6.07) is 62.4. The van der Waals surface area contributed by atoms with E-state index in [9.17, 15) is 0 Å². The molecule has 52 heavy (non-hydrogen) atoms. The summed E-state index contributed by atoms with van der Waals surface area (Å²) in [7, 11) is 0. The van der Waals surface area contributed by atoms with E-state index in [2.05, 4.69) is 184 Å². The molecule has 0 aliphatic heterocycles. The molecule has 1 heteroatoms. The van der Waals surface area contributed by atoms with E-state index in [1.807, 2.05) is 0 Å². The molecule has 0 radical (unpaired) electrons. The van der Waals surface area contributed by atoms with E-state index < -0.39 is 0 Å². The van der Waals surface area contributed by atoms with E-state index in [4.69, 9.17) is 4.42 Å². The number of hydrogen-bond acceptors (Lipinski definition) is 1. The van der Waals surface area contributed by atoms with E-state index in [-0.39, 0.29) is 5.41 Å². The first kappa shape index (κ1) is 29.3. The molecule has 0 saturated heterocycles. The van der Waals surface area contributed by atoms with Crippen LogP contribution in [-0.2, 0) is 5.41 Å².